The predicted molar refractivity (Wildman–Crippen MR) is 120 cm³/mol. The number of aromatic nitrogens is 2. The molecule has 4 rings (SSSR count). The van der Waals surface area contributed by atoms with Crippen LogP contribution in [0.2, 0.25) is 0 Å². The van der Waals surface area contributed by atoms with E-state index in [1.54, 1.807) is 43.5 Å². The second kappa shape index (κ2) is 9.38. The SMILES string of the molecule is COc1ccc2ncc(C(=O)N[C@H](C)c3ccccn3)c(Oc3ccc(C(F)(F)F)cc3)c2c1. The first-order valence-electron chi connectivity index (χ1n) is 10.3. The Kier molecular flexibility index (Phi) is 6.36. The quantitative estimate of drug-likeness (QED) is 0.380. The van der Waals surface area contributed by atoms with E-state index in [1.807, 2.05) is 6.07 Å². The molecule has 34 heavy (non-hydrogen) atoms. The van der Waals surface area contributed by atoms with Crippen molar-refractivity contribution in [1.82, 2.24) is 15.3 Å². The maximum absolute atomic E-state index is 13.2. The molecule has 9 heteroatoms. The summed E-state index contributed by atoms with van der Waals surface area (Å²) in [6, 6.07) is 14.3. The lowest BCUT2D eigenvalue weighted by atomic mass is 10.1. The van der Waals surface area contributed by atoms with Gasteiger partial charge in [-0.1, -0.05) is 6.07 Å². The Balaban J connectivity index is 1.74. The Labute approximate surface area is 193 Å². The largest absolute Gasteiger partial charge is 0.497 e. The van der Waals surface area contributed by atoms with E-state index < -0.39 is 23.7 Å². The fourth-order valence-corrected chi connectivity index (χ4v) is 3.36. The van der Waals surface area contributed by atoms with Crippen LogP contribution in [0.15, 0.2) is 73.1 Å². The standard InChI is InChI=1S/C25H20F3N3O3/c1-15(21-5-3-4-12-29-21)31-24(32)20-14-30-22-11-10-18(33-2)13-19(22)23(20)34-17-8-6-16(7-9-17)25(26,27)28/h3-15H,1-2H3,(H,31,32)/t15-/m1/s1. The van der Waals surface area contributed by atoms with Crippen LogP contribution in [0.3, 0.4) is 0 Å². The average Bonchev–Trinajstić information content (AvgIpc) is 2.84. The second-order valence-electron chi connectivity index (χ2n) is 7.46. The second-order valence-corrected chi connectivity index (χ2v) is 7.46. The molecular weight excluding hydrogens is 447 g/mol. The third kappa shape index (κ3) is 4.93. The van der Waals surface area contributed by atoms with Crippen LogP contribution in [0.1, 0.15) is 34.6 Å². The summed E-state index contributed by atoms with van der Waals surface area (Å²) in [5, 5.41) is 3.33. The van der Waals surface area contributed by atoms with Crippen LogP contribution in [-0.2, 0) is 6.18 Å². The maximum Gasteiger partial charge on any atom is 0.416 e. The number of benzene rings is 2. The van der Waals surface area contributed by atoms with Gasteiger partial charge < -0.3 is 14.8 Å². The molecule has 0 bridgehead atoms. The fraction of sp³-hybridized carbons (Fsp3) is 0.160. The van der Waals surface area contributed by atoms with Crippen molar-refractivity contribution in [3.05, 3.63) is 89.9 Å². The lowest BCUT2D eigenvalue weighted by Crippen LogP contribution is -2.27. The van der Waals surface area contributed by atoms with Crippen molar-refractivity contribution in [2.75, 3.05) is 7.11 Å². The minimum Gasteiger partial charge on any atom is -0.497 e. The highest BCUT2D eigenvalue weighted by Crippen LogP contribution is 2.36. The molecule has 2 heterocycles. The minimum atomic E-state index is -4.47. The summed E-state index contributed by atoms with van der Waals surface area (Å²) < 4.78 is 50.1. The Morgan fingerprint density at radius 2 is 1.74 bits per heavy atom. The highest BCUT2D eigenvalue weighted by atomic mass is 19.4. The highest BCUT2D eigenvalue weighted by molar-refractivity contribution is 6.03. The number of nitrogens with zero attached hydrogens (tertiary/aromatic N) is 2. The van der Waals surface area contributed by atoms with Crippen LogP contribution in [0, 0.1) is 0 Å². The molecule has 0 saturated heterocycles. The number of methoxy groups -OCH3 is 1. The maximum atomic E-state index is 13.2. The number of alkyl halides is 3. The number of nitrogens with one attached hydrogen (secondary N) is 1. The minimum absolute atomic E-state index is 0.114. The number of carbonyl (C=O) groups excluding carboxylic acids is 1. The van der Waals surface area contributed by atoms with E-state index in [0.717, 1.165) is 12.1 Å². The summed E-state index contributed by atoms with van der Waals surface area (Å²) in [5.41, 5.74) is 0.500. The van der Waals surface area contributed by atoms with E-state index in [2.05, 4.69) is 15.3 Å². The van der Waals surface area contributed by atoms with Crippen LogP contribution in [0.5, 0.6) is 17.2 Å². The molecule has 0 spiro atoms. The van der Waals surface area contributed by atoms with Crippen LogP contribution in [0.4, 0.5) is 13.2 Å². The number of rotatable bonds is 6. The van der Waals surface area contributed by atoms with Crippen molar-refractivity contribution in [3.63, 3.8) is 0 Å². The molecule has 0 saturated carbocycles. The third-order valence-corrected chi connectivity index (χ3v) is 5.15. The van der Waals surface area contributed by atoms with Crippen molar-refractivity contribution in [3.8, 4) is 17.2 Å². The first kappa shape index (κ1) is 23.0. The van der Waals surface area contributed by atoms with Gasteiger partial charge in [0.2, 0.25) is 0 Å². The Morgan fingerprint density at radius 3 is 2.38 bits per heavy atom. The molecule has 1 N–H and O–H groups in total. The number of hydrogen-bond donors (Lipinski definition) is 1. The van der Waals surface area contributed by atoms with E-state index in [9.17, 15) is 18.0 Å². The zero-order chi connectivity index (χ0) is 24.3. The van der Waals surface area contributed by atoms with Crippen LogP contribution in [0.25, 0.3) is 10.9 Å². The molecule has 174 valence electrons. The van der Waals surface area contributed by atoms with Crippen LogP contribution >= 0.6 is 0 Å². The summed E-state index contributed by atoms with van der Waals surface area (Å²) in [6.45, 7) is 1.79. The molecule has 2 aromatic heterocycles. The van der Waals surface area contributed by atoms with Crippen molar-refractivity contribution < 1.29 is 27.4 Å². The molecular formula is C25H20F3N3O3. The van der Waals surface area contributed by atoms with Crippen LogP contribution in [-0.4, -0.2) is 23.0 Å². The monoisotopic (exact) mass is 467 g/mol. The summed E-state index contributed by atoms with van der Waals surface area (Å²) in [6.07, 6.45) is -1.47. The van der Waals surface area contributed by atoms with Gasteiger partial charge in [0, 0.05) is 17.8 Å². The van der Waals surface area contributed by atoms with Crippen molar-refractivity contribution in [2.45, 2.75) is 19.1 Å². The number of pyridine rings is 2. The van der Waals surface area contributed by atoms with Crippen molar-refractivity contribution >= 4 is 16.8 Å². The summed E-state index contributed by atoms with van der Waals surface area (Å²) >= 11 is 0. The normalized spacial score (nSPS) is 12.3. The molecule has 0 aliphatic rings. The van der Waals surface area contributed by atoms with Gasteiger partial charge in [-0.15, -0.1) is 0 Å². The van der Waals surface area contributed by atoms with Gasteiger partial charge in [0.05, 0.1) is 29.9 Å². The van der Waals surface area contributed by atoms with Gasteiger partial charge in [0.25, 0.3) is 5.91 Å². The zero-order valence-electron chi connectivity index (χ0n) is 18.3. The topological polar surface area (TPSA) is 73.3 Å². The molecule has 0 radical (unpaired) electrons. The number of amides is 1. The van der Waals surface area contributed by atoms with E-state index in [0.29, 0.717) is 22.3 Å². The molecule has 4 aromatic rings. The number of halogens is 3. The molecule has 0 unspecified atom stereocenters. The van der Waals surface area contributed by atoms with E-state index in [1.165, 1.54) is 25.4 Å². The first-order valence-corrected chi connectivity index (χ1v) is 10.3. The van der Waals surface area contributed by atoms with Gasteiger partial charge in [-0.25, -0.2) is 0 Å². The van der Waals surface area contributed by atoms with Gasteiger partial charge in [0.15, 0.2) is 5.75 Å². The van der Waals surface area contributed by atoms with Crippen molar-refractivity contribution in [2.24, 2.45) is 0 Å². The molecule has 2 aromatic carbocycles. The molecule has 0 fully saturated rings. The third-order valence-electron chi connectivity index (χ3n) is 5.15. The van der Waals surface area contributed by atoms with Crippen LogP contribution < -0.4 is 14.8 Å². The summed E-state index contributed by atoms with van der Waals surface area (Å²) in [7, 11) is 1.50. The fourth-order valence-electron chi connectivity index (χ4n) is 3.36. The van der Waals surface area contributed by atoms with Gasteiger partial charge in [-0.3, -0.25) is 14.8 Å². The molecule has 1 atom stereocenters. The summed E-state index contributed by atoms with van der Waals surface area (Å²) in [5.74, 6) is 0.313. The van der Waals surface area contributed by atoms with Gasteiger partial charge >= 0.3 is 6.18 Å². The van der Waals surface area contributed by atoms with E-state index in [-0.39, 0.29) is 17.1 Å². The smallest absolute Gasteiger partial charge is 0.416 e. The Morgan fingerprint density at radius 1 is 1.00 bits per heavy atom. The molecule has 0 aliphatic heterocycles. The average molecular weight is 467 g/mol. The first-order chi connectivity index (χ1) is 16.3. The zero-order valence-corrected chi connectivity index (χ0v) is 18.3. The number of fused-ring (bicyclic) bond motifs is 1. The lowest BCUT2D eigenvalue weighted by Gasteiger charge is -2.17. The van der Waals surface area contributed by atoms with Gasteiger partial charge in [0.1, 0.15) is 17.1 Å². The Hall–Kier alpha value is -4.14. The van der Waals surface area contributed by atoms with Crippen molar-refractivity contribution in [1.29, 1.82) is 0 Å². The number of ether oxygens (including phenoxy) is 2. The lowest BCUT2D eigenvalue weighted by molar-refractivity contribution is -0.137. The molecule has 1 amide bonds. The van der Waals surface area contributed by atoms with E-state index >= 15 is 0 Å². The van der Waals surface area contributed by atoms with E-state index in [4.69, 9.17) is 9.47 Å². The number of carbonyl (C=O) groups is 1. The highest BCUT2D eigenvalue weighted by Gasteiger charge is 2.30. The molecule has 6 nitrogen and oxygen atoms in total. The summed E-state index contributed by atoms with van der Waals surface area (Å²) in [4.78, 5) is 21.8. The predicted octanol–water partition coefficient (Wildman–Crippen LogP) is 5.94. The molecule has 0 aliphatic carbocycles. The van der Waals surface area contributed by atoms with Gasteiger partial charge in [-0.2, -0.15) is 13.2 Å². The Bertz CT molecular complexity index is 1310. The number of hydrogen-bond acceptors (Lipinski definition) is 5. The van der Waals surface area contributed by atoms with Gasteiger partial charge in [-0.05, 0) is 61.5 Å².